The SMILES string of the molecule is Cc1ccc(C(=O)NC2(C(=O)NCC3CCN(c4cccc(F)c4C(=O)C(C)O)CC3)CC2)cn1. The van der Waals surface area contributed by atoms with Gasteiger partial charge in [-0.3, -0.25) is 19.4 Å². The van der Waals surface area contributed by atoms with E-state index in [0.29, 0.717) is 43.7 Å². The monoisotopic (exact) mass is 482 g/mol. The first kappa shape index (κ1) is 24.8. The molecule has 3 N–H and O–H groups in total. The molecule has 9 heteroatoms. The minimum Gasteiger partial charge on any atom is -0.385 e. The zero-order chi connectivity index (χ0) is 25.2. The van der Waals surface area contributed by atoms with Gasteiger partial charge in [0.1, 0.15) is 17.5 Å². The molecule has 0 radical (unpaired) electrons. The van der Waals surface area contributed by atoms with Gasteiger partial charge < -0.3 is 20.6 Å². The second-order valence-corrected chi connectivity index (χ2v) is 9.54. The fourth-order valence-corrected chi connectivity index (χ4v) is 4.44. The quantitative estimate of drug-likeness (QED) is 0.498. The molecule has 35 heavy (non-hydrogen) atoms. The van der Waals surface area contributed by atoms with Crippen LogP contribution in [-0.4, -0.2) is 59.0 Å². The van der Waals surface area contributed by atoms with E-state index in [1.807, 2.05) is 11.8 Å². The number of pyridine rings is 1. The van der Waals surface area contributed by atoms with E-state index in [4.69, 9.17) is 0 Å². The third-order valence-electron chi connectivity index (χ3n) is 6.83. The van der Waals surface area contributed by atoms with E-state index >= 15 is 0 Å². The number of nitrogens with one attached hydrogen (secondary N) is 2. The van der Waals surface area contributed by atoms with Crippen LogP contribution < -0.4 is 15.5 Å². The maximum Gasteiger partial charge on any atom is 0.253 e. The Bertz CT molecular complexity index is 1110. The van der Waals surface area contributed by atoms with Gasteiger partial charge in [0.25, 0.3) is 5.91 Å². The van der Waals surface area contributed by atoms with Crippen LogP contribution in [0.15, 0.2) is 36.5 Å². The van der Waals surface area contributed by atoms with E-state index < -0.39 is 23.2 Å². The summed E-state index contributed by atoms with van der Waals surface area (Å²) in [5.74, 6) is -1.53. The lowest BCUT2D eigenvalue weighted by atomic mass is 9.94. The average Bonchev–Trinajstić information content (AvgIpc) is 3.63. The first-order valence-electron chi connectivity index (χ1n) is 12.0. The maximum absolute atomic E-state index is 14.4. The van der Waals surface area contributed by atoms with Gasteiger partial charge >= 0.3 is 0 Å². The van der Waals surface area contributed by atoms with Crippen molar-refractivity contribution in [2.45, 2.75) is 51.2 Å². The molecule has 186 valence electrons. The molecule has 1 aromatic heterocycles. The number of aromatic nitrogens is 1. The predicted molar refractivity (Wildman–Crippen MR) is 129 cm³/mol. The molecule has 2 aromatic rings. The number of aliphatic hydroxyl groups is 1. The highest BCUT2D eigenvalue weighted by Crippen LogP contribution is 2.36. The largest absolute Gasteiger partial charge is 0.385 e. The minimum absolute atomic E-state index is 0.0792. The van der Waals surface area contributed by atoms with Crippen molar-refractivity contribution in [1.82, 2.24) is 15.6 Å². The molecule has 1 aliphatic carbocycles. The van der Waals surface area contributed by atoms with E-state index in [1.54, 1.807) is 24.3 Å². The topological polar surface area (TPSA) is 112 Å². The van der Waals surface area contributed by atoms with Crippen LogP contribution in [0.2, 0.25) is 0 Å². The molecule has 0 spiro atoms. The molecule has 1 aliphatic heterocycles. The summed E-state index contributed by atoms with van der Waals surface area (Å²) in [6.45, 7) is 4.87. The van der Waals surface area contributed by atoms with Crippen molar-refractivity contribution in [2.75, 3.05) is 24.5 Å². The first-order chi connectivity index (χ1) is 16.7. The number of amides is 2. The van der Waals surface area contributed by atoms with Crippen molar-refractivity contribution in [3.63, 3.8) is 0 Å². The molecule has 4 rings (SSSR count). The number of hydrogen-bond acceptors (Lipinski definition) is 6. The van der Waals surface area contributed by atoms with E-state index in [0.717, 1.165) is 18.5 Å². The van der Waals surface area contributed by atoms with Crippen LogP contribution in [0, 0.1) is 18.7 Å². The number of aryl methyl sites for hydroxylation is 1. The number of aliphatic hydroxyl groups excluding tert-OH is 1. The molecule has 1 saturated carbocycles. The van der Waals surface area contributed by atoms with E-state index in [-0.39, 0.29) is 23.3 Å². The van der Waals surface area contributed by atoms with Crippen molar-refractivity contribution in [1.29, 1.82) is 0 Å². The van der Waals surface area contributed by atoms with Gasteiger partial charge in [0.05, 0.1) is 16.8 Å². The lowest BCUT2D eigenvalue weighted by Gasteiger charge is -2.35. The van der Waals surface area contributed by atoms with Crippen LogP contribution in [0.25, 0.3) is 0 Å². The summed E-state index contributed by atoms with van der Waals surface area (Å²) in [7, 11) is 0. The van der Waals surface area contributed by atoms with Gasteiger partial charge in [-0.05, 0) is 69.7 Å². The Morgan fingerprint density at radius 1 is 1.20 bits per heavy atom. The molecule has 1 saturated heterocycles. The predicted octanol–water partition coefficient (Wildman–Crippen LogP) is 2.39. The third kappa shape index (κ3) is 5.51. The molecule has 1 unspecified atom stereocenters. The van der Waals surface area contributed by atoms with Gasteiger partial charge in [0.15, 0.2) is 5.78 Å². The molecular weight excluding hydrogens is 451 g/mol. The zero-order valence-corrected chi connectivity index (χ0v) is 20.0. The van der Waals surface area contributed by atoms with Gasteiger partial charge in [-0.1, -0.05) is 6.07 Å². The summed E-state index contributed by atoms with van der Waals surface area (Å²) in [6, 6.07) is 7.94. The van der Waals surface area contributed by atoms with Gasteiger partial charge in [0, 0.05) is 31.5 Å². The fourth-order valence-electron chi connectivity index (χ4n) is 4.44. The molecular formula is C26H31FN4O4. The van der Waals surface area contributed by atoms with Crippen LogP contribution >= 0.6 is 0 Å². The number of nitrogens with zero attached hydrogens (tertiary/aromatic N) is 2. The van der Waals surface area contributed by atoms with Crippen molar-refractivity contribution >= 4 is 23.3 Å². The van der Waals surface area contributed by atoms with Crippen molar-refractivity contribution in [3.05, 3.63) is 59.2 Å². The van der Waals surface area contributed by atoms with Gasteiger partial charge in [0.2, 0.25) is 5.91 Å². The van der Waals surface area contributed by atoms with E-state index in [1.165, 1.54) is 19.2 Å². The number of halogens is 1. The Labute approximate surface area is 203 Å². The van der Waals surface area contributed by atoms with Crippen molar-refractivity contribution in [2.24, 2.45) is 5.92 Å². The smallest absolute Gasteiger partial charge is 0.253 e. The Morgan fingerprint density at radius 2 is 1.91 bits per heavy atom. The van der Waals surface area contributed by atoms with E-state index in [2.05, 4.69) is 15.6 Å². The lowest BCUT2D eigenvalue weighted by Crippen LogP contribution is -2.50. The molecule has 0 bridgehead atoms. The summed E-state index contributed by atoms with van der Waals surface area (Å²) in [5, 5.41) is 15.5. The summed E-state index contributed by atoms with van der Waals surface area (Å²) in [5.41, 5.74) is 0.788. The maximum atomic E-state index is 14.4. The lowest BCUT2D eigenvalue weighted by molar-refractivity contribution is -0.124. The normalized spacial score (nSPS) is 18.0. The summed E-state index contributed by atoms with van der Waals surface area (Å²) in [4.78, 5) is 43.8. The van der Waals surface area contributed by atoms with Crippen molar-refractivity contribution < 1.29 is 23.9 Å². The van der Waals surface area contributed by atoms with Gasteiger partial charge in [-0.15, -0.1) is 0 Å². The number of benzene rings is 1. The highest BCUT2D eigenvalue weighted by Gasteiger charge is 2.51. The Balaban J connectivity index is 1.30. The number of piperidine rings is 1. The number of Topliss-reactive ketones (excluding diaryl/α,β-unsaturated/α-hetero) is 1. The summed E-state index contributed by atoms with van der Waals surface area (Å²) >= 11 is 0. The number of carbonyl (C=O) groups is 3. The second kappa shape index (κ2) is 10.1. The van der Waals surface area contributed by atoms with Crippen LogP contribution in [0.5, 0.6) is 0 Å². The van der Waals surface area contributed by atoms with Crippen LogP contribution in [-0.2, 0) is 4.79 Å². The minimum atomic E-state index is -1.28. The number of rotatable bonds is 8. The van der Waals surface area contributed by atoms with E-state index in [9.17, 15) is 23.9 Å². The van der Waals surface area contributed by atoms with Crippen LogP contribution in [0.3, 0.4) is 0 Å². The number of hydrogen-bond donors (Lipinski definition) is 3. The Morgan fingerprint density at radius 3 is 2.51 bits per heavy atom. The molecule has 8 nitrogen and oxygen atoms in total. The fraction of sp³-hybridized carbons (Fsp3) is 0.462. The molecule has 2 heterocycles. The van der Waals surface area contributed by atoms with Crippen molar-refractivity contribution in [3.8, 4) is 0 Å². The standard InChI is InChI=1S/C26H31FN4O4/c1-16-6-7-19(15-28-16)24(34)30-26(10-11-26)25(35)29-14-18-8-12-31(13-9-18)21-5-3-4-20(27)22(21)23(33)17(2)32/h3-7,15,17-18,32H,8-14H2,1-2H3,(H,29,35)(H,30,34). The Hall–Kier alpha value is -3.33. The van der Waals surface area contributed by atoms with Crippen LogP contribution in [0.1, 0.15) is 59.0 Å². The first-order valence-corrected chi connectivity index (χ1v) is 12.0. The number of carbonyl (C=O) groups excluding carboxylic acids is 3. The van der Waals surface area contributed by atoms with Crippen LogP contribution in [0.4, 0.5) is 10.1 Å². The summed E-state index contributed by atoms with van der Waals surface area (Å²) in [6.07, 6.45) is 2.94. The number of ketones is 1. The highest BCUT2D eigenvalue weighted by atomic mass is 19.1. The molecule has 2 aliphatic rings. The second-order valence-electron chi connectivity index (χ2n) is 9.54. The zero-order valence-electron chi connectivity index (χ0n) is 20.0. The average molecular weight is 483 g/mol. The molecule has 2 fully saturated rings. The number of anilines is 1. The molecule has 1 aromatic carbocycles. The third-order valence-corrected chi connectivity index (χ3v) is 6.83. The van der Waals surface area contributed by atoms with Gasteiger partial charge in [-0.2, -0.15) is 0 Å². The molecule has 1 atom stereocenters. The molecule has 2 amide bonds. The summed E-state index contributed by atoms with van der Waals surface area (Å²) < 4.78 is 14.4. The Kier molecular flexibility index (Phi) is 7.16. The van der Waals surface area contributed by atoms with Gasteiger partial charge in [-0.25, -0.2) is 4.39 Å². The highest BCUT2D eigenvalue weighted by molar-refractivity contribution is 6.04.